The summed E-state index contributed by atoms with van der Waals surface area (Å²) in [5.74, 6) is 0.977. The molecule has 0 unspecified atom stereocenters. The van der Waals surface area contributed by atoms with Crippen molar-refractivity contribution in [3.63, 3.8) is 0 Å². The van der Waals surface area contributed by atoms with Crippen LogP contribution >= 0.6 is 0 Å². The van der Waals surface area contributed by atoms with Crippen molar-refractivity contribution in [1.29, 1.82) is 0 Å². The fourth-order valence-corrected chi connectivity index (χ4v) is 3.30. The summed E-state index contributed by atoms with van der Waals surface area (Å²) in [7, 11) is 0. The smallest absolute Gasteiger partial charge is 0.275 e. The maximum Gasteiger partial charge on any atom is 0.275 e. The standard InChI is InChI=1S/C21H28N4O/c1-15(2)16-9-11-18(12-10-16)25-21(26)19-13-23-20(14-22-19)24-17-7-5-3-4-6-8-17/h9-15,17H,3-8H2,1-2H3,(H,23,24)(H,25,26). The topological polar surface area (TPSA) is 66.9 Å². The molecule has 0 saturated heterocycles. The second-order valence-corrected chi connectivity index (χ2v) is 7.35. The van der Waals surface area contributed by atoms with Crippen molar-refractivity contribution < 1.29 is 4.79 Å². The maximum atomic E-state index is 12.3. The van der Waals surface area contributed by atoms with Gasteiger partial charge in [-0.3, -0.25) is 4.79 Å². The van der Waals surface area contributed by atoms with Crippen molar-refractivity contribution >= 4 is 17.4 Å². The lowest BCUT2D eigenvalue weighted by Gasteiger charge is -2.16. The molecule has 5 heteroatoms. The van der Waals surface area contributed by atoms with Crippen LogP contribution in [-0.4, -0.2) is 21.9 Å². The second-order valence-electron chi connectivity index (χ2n) is 7.35. The first-order chi connectivity index (χ1) is 12.6. The average Bonchev–Trinajstić information content (AvgIpc) is 2.91. The molecule has 1 fully saturated rings. The van der Waals surface area contributed by atoms with E-state index in [0.29, 0.717) is 17.7 Å². The Kier molecular flexibility index (Phi) is 6.21. The molecule has 3 rings (SSSR count). The lowest BCUT2D eigenvalue weighted by atomic mass is 10.0. The number of aromatic nitrogens is 2. The molecule has 1 aliphatic carbocycles. The summed E-state index contributed by atoms with van der Waals surface area (Å²) < 4.78 is 0. The molecule has 26 heavy (non-hydrogen) atoms. The van der Waals surface area contributed by atoms with Crippen molar-refractivity contribution in [3.05, 3.63) is 47.9 Å². The first-order valence-corrected chi connectivity index (χ1v) is 9.62. The van der Waals surface area contributed by atoms with Crippen LogP contribution in [0.2, 0.25) is 0 Å². The highest BCUT2D eigenvalue weighted by Crippen LogP contribution is 2.20. The highest BCUT2D eigenvalue weighted by molar-refractivity contribution is 6.02. The van der Waals surface area contributed by atoms with E-state index in [1.54, 1.807) is 6.20 Å². The molecule has 0 bridgehead atoms. The lowest BCUT2D eigenvalue weighted by molar-refractivity contribution is 0.102. The largest absolute Gasteiger partial charge is 0.366 e. The van der Waals surface area contributed by atoms with Gasteiger partial charge >= 0.3 is 0 Å². The van der Waals surface area contributed by atoms with Crippen LogP contribution in [-0.2, 0) is 0 Å². The van der Waals surface area contributed by atoms with Crippen LogP contribution in [0.15, 0.2) is 36.7 Å². The predicted octanol–water partition coefficient (Wildman–Crippen LogP) is 4.99. The number of nitrogens with one attached hydrogen (secondary N) is 2. The molecule has 1 amide bonds. The zero-order chi connectivity index (χ0) is 18.4. The molecule has 2 N–H and O–H groups in total. The van der Waals surface area contributed by atoms with Crippen LogP contribution < -0.4 is 10.6 Å². The number of carbonyl (C=O) groups is 1. The highest BCUT2D eigenvalue weighted by Gasteiger charge is 2.14. The maximum absolute atomic E-state index is 12.3. The molecule has 0 radical (unpaired) electrons. The fraction of sp³-hybridized carbons (Fsp3) is 0.476. The van der Waals surface area contributed by atoms with Gasteiger partial charge in [0.05, 0.1) is 12.4 Å². The van der Waals surface area contributed by atoms with E-state index in [1.165, 1.54) is 50.3 Å². The molecule has 5 nitrogen and oxygen atoms in total. The number of hydrogen-bond acceptors (Lipinski definition) is 4. The van der Waals surface area contributed by atoms with Gasteiger partial charge in [0.1, 0.15) is 11.5 Å². The molecule has 1 saturated carbocycles. The summed E-state index contributed by atoms with van der Waals surface area (Å²) in [6.45, 7) is 4.29. The fourth-order valence-electron chi connectivity index (χ4n) is 3.30. The van der Waals surface area contributed by atoms with Crippen LogP contribution in [0.3, 0.4) is 0 Å². The molecule has 138 valence electrons. The van der Waals surface area contributed by atoms with Gasteiger partial charge in [-0.15, -0.1) is 0 Å². The summed E-state index contributed by atoms with van der Waals surface area (Å²) in [4.78, 5) is 21.0. The minimum Gasteiger partial charge on any atom is -0.366 e. The van der Waals surface area contributed by atoms with Crippen molar-refractivity contribution in [2.45, 2.75) is 64.3 Å². The monoisotopic (exact) mass is 352 g/mol. The van der Waals surface area contributed by atoms with Crippen LogP contribution in [0, 0.1) is 0 Å². The molecule has 1 aromatic heterocycles. The van der Waals surface area contributed by atoms with Crippen LogP contribution in [0.4, 0.5) is 11.5 Å². The highest BCUT2D eigenvalue weighted by atomic mass is 16.1. The van der Waals surface area contributed by atoms with Crippen molar-refractivity contribution in [3.8, 4) is 0 Å². The zero-order valence-corrected chi connectivity index (χ0v) is 15.7. The van der Waals surface area contributed by atoms with Crippen molar-refractivity contribution in [2.75, 3.05) is 10.6 Å². The Morgan fingerprint density at radius 1 is 1.00 bits per heavy atom. The number of carbonyl (C=O) groups excluding carboxylic acids is 1. The van der Waals surface area contributed by atoms with Gasteiger partial charge in [-0.25, -0.2) is 9.97 Å². The van der Waals surface area contributed by atoms with Gasteiger partial charge in [-0.2, -0.15) is 0 Å². The summed E-state index contributed by atoms with van der Waals surface area (Å²) in [5.41, 5.74) is 2.34. The van der Waals surface area contributed by atoms with E-state index in [2.05, 4.69) is 34.4 Å². The van der Waals surface area contributed by atoms with E-state index in [4.69, 9.17) is 0 Å². The van der Waals surface area contributed by atoms with Crippen LogP contribution in [0.1, 0.15) is 74.3 Å². The van der Waals surface area contributed by atoms with E-state index >= 15 is 0 Å². The van der Waals surface area contributed by atoms with Gasteiger partial charge in [0.25, 0.3) is 5.91 Å². The van der Waals surface area contributed by atoms with Crippen molar-refractivity contribution in [2.24, 2.45) is 0 Å². The minimum atomic E-state index is -0.240. The Hall–Kier alpha value is -2.43. The molecular formula is C21H28N4O. The van der Waals surface area contributed by atoms with E-state index in [1.807, 2.05) is 24.3 Å². The van der Waals surface area contributed by atoms with Crippen LogP contribution in [0.5, 0.6) is 0 Å². The molecule has 1 aromatic carbocycles. The van der Waals surface area contributed by atoms with Gasteiger partial charge in [-0.05, 0) is 36.5 Å². The van der Waals surface area contributed by atoms with Gasteiger partial charge < -0.3 is 10.6 Å². The SMILES string of the molecule is CC(C)c1ccc(NC(=O)c2cnc(NC3CCCCCC3)cn2)cc1. The molecule has 0 aliphatic heterocycles. The molecule has 1 aliphatic rings. The van der Waals surface area contributed by atoms with E-state index in [-0.39, 0.29) is 5.91 Å². The van der Waals surface area contributed by atoms with Gasteiger partial charge in [-0.1, -0.05) is 51.7 Å². The third-order valence-corrected chi connectivity index (χ3v) is 4.93. The molecule has 0 atom stereocenters. The average molecular weight is 352 g/mol. The Bertz CT molecular complexity index is 702. The summed E-state index contributed by atoms with van der Waals surface area (Å²) in [6, 6.07) is 8.37. The molecule has 0 spiro atoms. The van der Waals surface area contributed by atoms with Crippen molar-refractivity contribution in [1.82, 2.24) is 9.97 Å². The molecule has 2 aromatic rings. The van der Waals surface area contributed by atoms with Gasteiger partial charge in [0.2, 0.25) is 0 Å². The summed E-state index contributed by atoms with van der Waals surface area (Å²) in [6.07, 6.45) is 10.7. The first-order valence-electron chi connectivity index (χ1n) is 9.62. The zero-order valence-electron chi connectivity index (χ0n) is 15.7. The second kappa shape index (κ2) is 8.79. The van der Waals surface area contributed by atoms with E-state index in [9.17, 15) is 4.79 Å². The minimum absolute atomic E-state index is 0.240. The Morgan fingerprint density at radius 2 is 1.69 bits per heavy atom. The molecular weight excluding hydrogens is 324 g/mol. The predicted molar refractivity (Wildman–Crippen MR) is 106 cm³/mol. The Labute approximate surface area is 155 Å². The summed E-state index contributed by atoms with van der Waals surface area (Å²) >= 11 is 0. The quantitative estimate of drug-likeness (QED) is 0.744. The molecule has 1 heterocycles. The normalized spacial score (nSPS) is 15.5. The van der Waals surface area contributed by atoms with E-state index < -0.39 is 0 Å². The first kappa shape index (κ1) is 18.4. The third-order valence-electron chi connectivity index (χ3n) is 4.93. The van der Waals surface area contributed by atoms with E-state index in [0.717, 1.165) is 11.5 Å². The number of amides is 1. The van der Waals surface area contributed by atoms with Gasteiger partial charge in [0.15, 0.2) is 0 Å². The number of benzene rings is 1. The van der Waals surface area contributed by atoms with Gasteiger partial charge in [0, 0.05) is 11.7 Å². The third kappa shape index (κ3) is 5.04. The number of anilines is 2. The Balaban J connectivity index is 1.57. The lowest BCUT2D eigenvalue weighted by Crippen LogP contribution is -2.20. The number of nitrogens with zero attached hydrogens (tertiary/aromatic N) is 2. The Morgan fingerprint density at radius 3 is 2.27 bits per heavy atom. The summed E-state index contributed by atoms with van der Waals surface area (Å²) in [5, 5.41) is 6.32. The number of rotatable bonds is 5. The van der Waals surface area contributed by atoms with Crippen LogP contribution in [0.25, 0.3) is 0 Å². The number of hydrogen-bond donors (Lipinski definition) is 2.